The molecule has 1 aromatic rings. The van der Waals surface area contributed by atoms with E-state index in [9.17, 15) is 4.79 Å². The lowest BCUT2D eigenvalue weighted by atomic mass is 10.1. The molecular weight excluding hydrogens is 507 g/mol. The normalized spacial score (nSPS) is 20.1. The van der Waals surface area contributed by atoms with E-state index in [-0.39, 0.29) is 35.9 Å². The number of benzene rings is 1. The third-order valence-corrected chi connectivity index (χ3v) is 6.51. The summed E-state index contributed by atoms with van der Waals surface area (Å²) in [7, 11) is 1.79. The van der Waals surface area contributed by atoms with Crippen LogP contribution in [0.15, 0.2) is 34.2 Å². The van der Waals surface area contributed by atoms with Crippen molar-refractivity contribution in [3.8, 4) is 0 Å². The van der Waals surface area contributed by atoms with Gasteiger partial charge in [-0.05, 0) is 43.5 Å². The summed E-state index contributed by atoms with van der Waals surface area (Å²) in [6, 6.07) is 8.18. The highest BCUT2D eigenvalue weighted by atomic mass is 127. The van der Waals surface area contributed by atoms with E-state index in [0.717, 1.165) is 55.6 Å². The van der Waals surface area contributed by atoms with Crippen LogP contribution in [-0.2, 0) is 4.79 Å². The Kier molecular flexibility index (Phi) is 10.2. The topological polar surface area (TPSA) is 56.7 Å². The molecular formula is C20H30ClIN4OS. The number of likely N-dealkylation sites (tertiary alicyclic amines) is 1. The molecule has 0 aromatic heterocycles. The molecule has 1 amide bonds. The van der Waals surface area contributed by atoms with Crippen molar-refractivity contribution in [3.63, 3.8) is 0 Å². The third kappa shape index (κ3) is 6.99. The van der Waals surface area contributed by atoms with E-state index in [1.54, 1.807) is 18.8 Å². The highest BCUT2D eigenvalue weighted by Crippen LogP contribution is 2.27. The van der Waals surface area contributed by atoms with Crippen LogP contribution in [0.1, 0.15) is 32.1 Å². The number of hydrogen-bond acceptors (Lipinski definition) is 3. The zero-order chi connectivity index (χ0) is 19.1. The summed E-state index contributed by atoms with van der Waals surface area (Å²) in [4.78, 5) is 20.1. The molecule has 156 valence electrons. The molecule has 5 nitrogen and oxygen atoms in total. The number of nitrogens with zero attached hydrogens (tertiary/aromatic N) is 2. The number of carbonyl (C=O) groups excluding carboxylic acids is 1. The van der Waals surface area contributed by atoms with Crippen LogP contribution in [0.25, 0.3) is 0 Å². The summed E-state index contributed by atoms with van der Waals surface area (Å²) in [5.74, 6) is 2.39. The van der Waals surface area contributed by atoms with Gasteiger partial charge < -0.3 is 15.5 Å². The summed E-state index contributed by atoms with van der Waals surface area (Å²) >= 11 is 7.70. The zero-order valence-corrected chi connectivity index (χ0v) is 20.2. The van der Waals surface area contributed by atoms with Crippen LogP contribution >= 0.6 is 47.3 Å². The number of hydrogen-bond donors (Lipinski definition) is 2. The Morgan fingerprint density at radius 3 is 2.64 bits per heavy atom. The lowest BCUT2D eigenvalue weighted by molar-refractivity contribution is -0.134. The number of nitrogens with one attached hydrogen (secondary N) is 2. The summed E-state index contributed by atoms with van der Waals surface area (Å²) in [5.41, 5.74) is 0. The molecule has 1 aromatic carbocycles. The third-order valence-electron chi connectivity index (χ3n) is 5.25. The Morgan fingerprint density at radius 1 is 1.25 bits per heavy atom. The molecule has 8 heteroatoms. The standard InChI is InChI=1S/C20H29ClN4OS.HI/c1-22-20(23-11-13-27-18-8-6-16(21)7-9-18)24-17-10-12-25(14-17)19(26)15-4-2-3-5-15;/h6-9,15,17H,2-5,10-14H2,1H3,(H2,22,23,24);1H. The van der Waals surface area contributed by atoms with Crippen molar-refractivity contribution >= 4 is 59.2 Å². The number of carbonyl (C=O) groups is 1. The second kappa shape index (κ2) is 12.1. The molecule has 2 aliphatic rings. The van der Waals surface area contributed by atoms with Gasteiger partial charge in [0.15, 0.2) is 5.96 Å². The van der Waals surface area contributed by atoms with Crippen LogP contribution in [0.4, 0.5) is 0 Å². The number of aliphatic imine (C=N–C) groups is 1. The highest BCUT2D eigenvalue weighted by Gasteiger charge is 2.32. The lowest BCUT2D eigenvalue weighted by Crippen LogP contribution is -2.45. The van der Waals surface area contributed by atoms with Crippen LogP contribution in [0.2, 0.25) is 5.02 Å². The Morgan fingerprint density at radius 2 is 1.96 bits per heavy atom. The fourth-order valence-electron chi connectivity index (χ4n) is 3.77. The smallest absolute Gasteiger partial charge is 0.225 e. The van der Waals surface area contributed by atoms with Gasteiger partial charge >= 0.3 is 0 Å². The first-order chi connectivity index (χ1) is 13.2. The monoisotopic (exact) mass is 536 g/mol. The molecule has 0 bridgehead atoms. The van der Waals surface area contributed by atoms with Crippen LogP contribution < -0.4 is 10.6 Å². The van der Waals surface area contributed by atoms with Gasteiger partial charge in [-0.15, -0.1) is 35.7 Å². The predicted molar refractivity (Wildman–Crippen MR) is 129 cm³/mol. The second-order valence-corrected chi connectivity index (χ2v) is 8.80. The first-order valence-corrected chi connectivity index (χ1v) is 11.2. The van der Waals surface area contributed by atoms with Crippen molar-refractivity contribution in [2.45, 2.75) is 43.0 Å². The van der Waals surface area contributed by atoms with Crippen molar-refractivity contribution in [2.24, 2.45) is 10.9 Å². The molecule has 1 atom stereocenters. The predicted octanol–water partition coefficient (Wildman–Crippen LogP) is 4.01. The van der Waals surface area contributed by atoms with Crippen LogP contribution in [0.5, 0.6) is 0 Å². The van der Waals surface area contributed by atoms with Crippen molar-refractivity contribution in [2.75, 3.05) is 32.4 Å². The van der Waals surface area contributed by atoms with Gasteiger partial charge in [0.05, 0.1) is 0 Å². The molecule has 0 spiro atoms. The number of amides is 1. The molecule has 2 N–H and O–H groups in total. The summed E-state index contributed by atoms with van der Waals surface area (Å²) in [6.07, 6.45) is 5.54. The van der Waals surface area contributed by atoms with E-state index in [2.05, 4.69) is 15.6 Å². The van der Waals surface area contributed by atoms with Crippen molar-refractivity contribution in [1.82, 2.24) is 15.5 Å². The number of guanidine groups is 1. The van der Waals surface area contributed by atoms with Crippen molar-refractivity contribution in [1.29, 1.82) is 0 Å². The zero-order valence-electron chi connectivity index (χ0n) is 16.3. The Balaban J connectivity index is 0.00000280. The van der Waals surface area contributed by atoms with E-state index < -0.39 is 0 Å². The first kappa shape index (κ1) is 23.6. The Labute approximate surface area is 194 Å². The average Bonchev–Trinajstić information content (AvgIpc) is 3.37. The molecule has 1 saturated carbocycles. The van der Waals surface area contributed by atoms with E-state index >= 15 is 0 Å². The molecule has 1 unspecified atom stereocenters. The lowest BCUT2D eigenvalue weighted by Gasteiger charge is -2.21. The van der Waals surface area contributed by atoms with Crippen LogP contribution in [0.3, 0.4) is 0 Å². The summed E-state index contributed by atoms with van der Waals surface area (Å²) in [5, 5.41) is 7.59. The van der Waals surface area contributed by atoms with Gasteiger partial charge in [-0.3, -0.25) is 9.79 Å². The molecule has 28 heavy (non-hydrogen) atoms. The van der Waals surface area contributed by atoms with Crippen molar-refractivity contribution in [3.05, 3.63) is 29.3 Å². The maximum Gasteiger partial charge on any atom is 0.225 e. The minimum atomic E-state index is 0. The number of rotatable bonds is 6. The summed E-state index contributed by atoms with van der Waals surface area (Å²) in [6.45, 7) is 2.47. The summed E-state index contributed by atoms with van der Waals surface area (Å²) < 4.78 is 0. The van der Waals surface area contributed by atoms with E-state index in [1.807, 2.05) is 29.2 Å². The molecule has 1 aliphatic carbocycles. The fourth-order valence-corrected chi connectivity index (χ4v) is 4.66. The minimum absolute atomic E-state index is 0. The van der Waals surface area contributed by atoms with Gasteiger partial charge in [0.2, 0.25) is 5.91 Å². The van der Waals surface area contributed by atoms with Gasteiger partial charge in [0.25, 0.3) is 0 Å². The fraction of sp³-hybridized carbons (Fsp3) is 0.600. The molecule has 2 fully saturated rings. The Bertz CT molecular complexity index is 652. The highest BCUT2D eigenvalue weighted by molar-refractivity contribution is 14.0. The van der Waals surface area contributed by atoms with Crippen molar-refractivity contribution < 1.29 is 4.79 Å². The SMILES string of the molecule is CN=C(NCCSc1ccc(Cl)cc1)NC1CCN(C(=O)C2CCCC2)C1.I. The van der Waals surface area contributed by atoms with E-state index in [4.69, 9.17) is 11.6 Å². The largest absolute Gasteiger partial charge is 0.356 e. The van der Waals surface area contributed by atoms with E-state index in [0.29, 0.717) is 5.91 Å². The molecule has 0 radical (unpaired) electrons. The van der Waals surface area contributed by atoms with Gasteiger partial charge in [-0.1, -0.05) is 24.4 Å². The van der Waals surface area contributed by atoms with Gasteiger partial charge in [-0.25, -0.2) is 0 Å². The second-order valence-electron chi connectivity index (χ2n) is 7.20. The number of halogens is 2. The maximum absolute atomic E-state index is 12.6. The molecule has 1 aliphatic heterocycles. The maximum atomic E-state index is 12.6. The molecule has 1 heterocycles. The molecule has 1 saturated heterocycles. The van der Waals surface area contributed by atoms with Gasteiger partial charge in [-0.2, -0.15) is 0 Å². The quantitative estimate of drug-likeness (QED) is 0.190. The van der Waals surface area contributed by atoms with Crippen LogP contribution in [-0.4, -0.2) is 55.2 Å². The number of thioether (sulfide) groups is 1. The average molecular weight is 537 g/mol. The molecule has 3 rings (SSSR count). The van der Waals surface area contributed by atoms with Gasteiger partial charge in [0.1, 0.15) is 0 Å². The van der Waals surface area contributed by atoms with E-state index in [1.165, 1.54) is 17.7 Å². The van der Waals surface area contributed by atoms with Crippen LogP contribution in [0, 0.1) is 5.92 Å². The van der Waals surface area contributed by atoms with Gasteiger partial charge in [0, 0.05) is 54.3 Å². The minimum Gasteiger partial charge on any atom is -0.356 e. The first-order valence-electron chi connectivity index (χ1n) is 9.80. The Hall–Kier alpha value is -0.670.